The average Bonchev–Trinajstić information content (AvgIpc) is 2.46. The van der Waals surface area contributed by atoms with Crippen molar-refractivity contribution < 1.29 is 21.6 Å². The van der Waals surface area contributed by atoms with Gasteiger partial charge >= 0.3 is 0 Å². The highest BCUT2D eigenvalue weighted by Crippen LogP contribution is 2.17. The molecule has 21 heavy (non-hydrogen) atoms. The maximum absolute atomic E-state index is 12.1. The van der Waals surface area contributed by atoms with Gasteiger partial charge in [0.15, 0.2) is 0 Å². The number of hydrogen-bond donors (Lipinski definition) is 1. The van der Waals surface area contributed by atoms with E-state index in [1.54, 1.807) is 0 Å². The minimum absolute atomic E-state index is 0.0137. The Hall–Kier alpha value is -0.670. The Bertz CT molecular complexity index is 679. The van der Waals surface area contributed by atoms with E-state index in [2.05, 4.69) is 4.72 Å². The monoisotopic (exact) mass is 353 g/mol. The van der Waals surface area contributed by atoms with Crippen LogP contribution in [0.15, 0.2) is 29.2 Å². The number of rotatable bonds is 5. The lowest BCUT2D eigenvalue weighted by Gasteiger charge is -2.22. The molecular weight excluding hydrogens is 338 g/mol. The highest BCUT2D eigenvalue weighted by Gasteiger charge is 2.27. The summed E-state index contributed by atoms with van der Waals surface area (Å²) in [4.78, 5) is -0.0137. The lowest BCUT2D eigenvalue weighted by molar-refractivity contribution is 0.0981. The standard InChI is InChI=1S/C12H16ClNO5S2/c13-20(15,16)11-3-1-10(2-4-11)9-14-21(17,18)12-5-7-19-8-6-12/h1-4,12,14H,5-9H2. The van der Waals surface area contributed by atoms with Crippen molar-refractivity contribution in [3.63, 3.8) is 0 Å². The quantitative estimate of drug-likeness (QED) is 0.804. The molecule has 0 radical (unpaired) electrons. The van der Waals surface area contributed by atoms with Crippen LogP contribution in [0.2, 0.25) is 0 Å². The van der Waals surface area contributed by atoms with Gasteiger partial charge in [0.25, 0.3) is 9.05 Å². The first-order valence-corrected chi connectivity index (χ1v) is 10.2. The zero-order chi connectivity index (χ0) is 15.5. The molecule has 1 aromatic rings. The van der Waals surface area contributed by atoms with Crippen LogP contribution in [0, 0.1) is 0 Å². The molecule has 0 aromatic heterocycles. The van der Waals surface area contributed by atoms with Crippen LogP contribution in [0.5, 0.6) is 0 Å². The molecule has 118 valence electrons. The van der Waals surface area contributed by atoms with Crippen molar-refractivity contribution in [1.29, 1.82) is 0 Å². The minimum Gasteiger partial charge on any atom is -0.381 e. The molecule has 0 amide bonds. The molecule has 1 aromatic carbocycles. The van der Waals surface area contributed by atoms with Crippen molar-refractivity contribution in [1.82, 2.24) is 4.72 Å². The molecule has 0 aliphatic carbocycles. The number of hydrogen-bond acceptors (Lipinski definition) is 5. The maximum atomic E-state index is 12.1. The summed E-state index contributed by atoms with van der Waals surface area (Å²) < 4.78 is 54.1. The molecule has 1 aliphatic heterocycles. The second kappa shape index (κ2) is 6.62. The van der Waals surface area contributed by atoms with Gasteiger partial charge in [-0.3, -0.25) is 0 Å². The van der Waals surface area contributed by atoms with Crippen molar-refractivity contribution in [2.45, 2.75) is 29.5 Å². The molecule has 0 saturated carbocycles. The van der Waals surface area contributed by atoms with E-state index in [1.807, 2.05) is 0 Å². The molecule has 9 heteroatoms. The lowest BCUT2D eigenvalue weighted by atomic mass is 10.2. The molecule has 2 rings (SSSR count). The molecule has 0 unspecified atom stereocenters. The molecule has 6 nitrogen and oxygen atoms in total. The van der Waals surface area contributed by atoms with Gasteiger partial charge in [-0.25, -0.2) is 21.6 Å². The number of sulfonamides is 1. The summed E-state index contributed by atoms with van der Waals surface area (Å²) in [7, 11) is -1.94. The normalized spacial score (nSPS) is 17.8. The van der Waals surface area contributed by atoms with Crippen LogP contribution in [-0.2, 0) is 30.4 Å². The Morgan fingerprint density at radius 2 is 1.67 bits per heavy atom. The van der Waals surface area contributed by atoms with Gasteiger partial charge in [0.05, 0.1) is 10.1 Å². The van der Waals surface area contributed by atoms with Crippen LogP contribution in [0.3, 0.4) is 0 Å². The molecule has 1 fully saturated rings. The van der Waals surface area contributed by atoms with E-state index in [4.69, 9.17) is 15.4 Å². The van der Waals surface area contributed by atoms with Crippen LogP contribution < -0.4 is 4.72 Å². The van der Waals surface area contributed by atoms with Gasteiger partial charge in [0, 0.05) is 30.4 Å². The third-order valence-corrected chi connectivity index (χ3v) is 6.56. The summed E-state index contributed by atoms with van der Waals surface area (Å²) in [6.07, 6.45) is 0.970. The molecular formula is C12H16ClNO5S2. The Balaban J connectivity index is 1.99. The van der Waals surface area contributed by atoms with Gasteiger partial charge in [0.2, 0.25) is 10.0 Å². The zero-order valence-corrected chi connectivity index (χ0v) is 13.5. The second-order valence-corrected chi connectivity index (χ2v) is 9.37. The number of ether oxygens (including phenoxy) is 1. The smallest absolute Gasteiger partial charge is 0.261 e. The Labute approximate surface area is 128 Å². The Kier molecular flexibility index (Phi) is 5.26. The fourth-order valence-corrected chi connectivity index (χ4v) is 4.24. The van der Waals surface area contributed by atoms with Gasteiger partial charge in [-0.1, -0.05) is 12.1 Å². The van der Waals surface area contributed by atoms with E-state index in [1.165, 1.54) is 24.3 Å². The zero-order valence-electron chi connectivity index (χ0n) is 11.2. The van der Waals surface area contributed by atoms with Crippen LogP contribution in [-0.4, -0.2) is 35.3 Å². The van der Waals surface area contributed by atoms with E-state index in [0.29, 0.717) is 31.6 Å². The fourth-order valence-electron chi connectivity index (χ4n) is 2.06. The number of benzene rings is 1. The van der Waals surface area contributed by atoms with Gasteiger partial charge in [-0.15, -0.1) is 0 Å². The van der Waals surface area contributed by atoms with Crippen LogP contribution in [0.4, 0.5) is 0 Å². The van der Waals surface area contributed by atoms with Gasteiger partial charge < -0.3 is 4.74 Å². The van der Waals surface area contributed by atoms with Gasteiger partial charge in [0.1, 0.15) is 0 Å². The highest BCUT2D eigenvalue weighted by atomic mass is 35.7. The molecule has 0 bridgehead atoms. The predicted molar refractivity (Wildman–Crippen MR) is 79.1 cm³/mol. The molecule has 0 spiro atoms. The summed E-state index contributed by atoms with van der Waals surface area (Å²) in [5.74, 6) is 0. The predicted octanol–water partition coefficient (Wildman–Crippen LogP) is 1.21. The summed E-state index contributed by atoms with van der Waals surface area (Å²) >= 11 is 0. The van der Waals surface area contributed by atoms with E-state index < -0.39 is 24.3 Å². The largest absolute Gasteiger partial charge is 0.381 e. The van der Waals surface area contributed by atoms with E-state index >= 15 is 0 Å². The maximum Gasteiger partial charge on any atom is 0.261 e. The lowest BCUT2D eigenvalue weighted by Crippen LogP contribution is -2.37. The summed E-state index contributed by atoms with van der Waals surface area (Å²) in [5.41, 5.74) is 0.662. The van der Waals surface area contributed by atoms with Crippen molar-refractivity contribution >= 4 is 29.8 Å². The highest BCUT2D eigenvalue weighted by molar-refractivity contribution is 8.13. The third-order valence-electron chi connectivity index (χ3n) is 3.29. The number of nitrogens with one attached hydrogen (secondary N) is 1. The Morgan fingerprint density at radius 3 is 2.19 bits per heavy atom. The molecule has 1 aliphatic rings. The molecule has 1 saturated heterocycles. The first-order chi connectivity index (χ1) is 9.79. The average molecular weight is 354 g/mol. The van der Waals surface area contributed by atoms with Gasteiger partial charge in [-0.2, -0.15) is 0 Å². The van der Waals surface area contributed by atoms with E-state index in [0.717, 1.165) is 0 Å². The van der Waals surface area contributed by atoms with Crippen molar-refractivity contribution in [2.75, 3.05) is 13.2 Å². The van der Waals surface area contributed by atoms with Crippen LogP contribution in [0.1, 0.15) is 18.4 Å². The molecule has 1 heterocycles. The Morgan fingerprint density at radius 1 is 1.10 bits per heavy atom. The summed E-state index contributed by atoms with van der Waals surface area (Å²) in [5, 5.41) is -0.436. The van der Waals surface area contributed by atoms with Crippen molar-refractivity contribution in [2.24, 2.45) is 0 Å². The van der Waals surface area contributed by atoms with Crippen molar-refractivity contribution in [3.05, 3.63) is 29.8 Å². The van der Waals surface area contributed by atoms with Crippen molar-refractivity contribution in [3.8, 4) is 0 Å². The number of halogens is 1. The van der Waals surface area contributed by atoms with E-state index in [-0.39, 0.29) is 11.4 Å². The SMILES string of the molecule is O=S(=O)(Cl)c1ccc(CNS(=O)(=O)C2CCOCC2)cc1. The van der Waals surface area contributed by atoms with Crippen LogP contribution in [0.25, 0.3) is 0 Å². The van der Waals surface area contributed by atoms with Crippen LogP contribution >= 0.6 is 10.7 Å². The van der Waals surface area contributed by atoms with Gasteiger partial charge in [-0.05, 0) is 30.5 Å². The minimum atomic E-state index is -3.76. The van der Waals surface area contributed by atoms with E-state index in [9.17, 15) is 16.8 Å². The summed E-state index contributed by atoms with van der Waals surface area (Å²) in [6, 6.07) is 5.75. The fraction of sp³-hybridized carbons (Fsp3) is 0.500. The third kappa shape index (κ3) is 4.65. The molecule has 0 atom stereocenters. The topological polar surface area (TPSA) is 89.5 Å². The second-order valence-electron chi connectivity index (χ2n) is 4.76. The first-order valence-electron chi connectivity index (χ1n) is 6.39. The first kappa shape index (κ1) is 16.7. The summed E-state index contributed by atoms with van der Waals surface area (Å²) in [6.45, 7) is 1.02. The molecule has 1 N–H and O–H groups in total.